The Morgan fingerprint density at radius 2 is 2.00 bits per heavy atom. The van der Waals surface area contributed by atoms with Gasteiger partial charge in [-0.3, -0.25) is 9.59 Å². The number of rotatable bonds is 10. The summed E-state index contributed by atoms with van der Waals surface area (Å²) in [6.07, 6.45) is 7.06. The SMILES string of the molecule is C=CCCC(=O)N(C1CCCCC1)C1C=C(C(=O)NCCO)C2c3cc(CO)cc(OC)c3OC2C1O. The number of ether oxygens (including phenoxy) is 2. The molecule has 0 radical (unpaired) electrons. The van der Waals surface area contributed by atoms with Crippen molar-refractivity contribution in [1.82, 2.24) is 10.2 Å². The summed E-state index contributed by atoms with van der Waals surface area (Å²) < 4.78 is 11.8. The van der Waals surface area contributed by atoms with Crippen LogP contribution in [0, 0.1) is 0 Å². The van der Waals surface area contributed by atoms with Gasteiger partial charge in [-0.2, -0.15) is 0 Å². The summed E-state index contributed by atoms with van der Waals surface area (Å²) in [5.74, 6) is -0.292. The van der Waals surface area contributed by atoms with Gasteiger partial charge < -0.3 is 35.0 Å². The van der Waals surface area contributed by atoms with E-state index in [-0.39, 0.29) is 38.1 Å². The minimum Gasteiger partial charge on any atom is -0.493 e. The Bertz CT molecular complexity index is 1030. The molecule has 1 heterocycles. The van der Waals surface area contributed by atoms with Gasteiger partial charge in [-0.05, 0) is 43.0 Å². The number of allylic oxidation sites excluding steroid dienone is 1. The predicted molar refractivity (Wildman–Crippen MR) is 137 cm³/mol. The van der Waals surface area contributed by atoms with Crippen LogP contribution in [0.25, 0.3) is 0 Å². The van der Waals surface area contributed by atoms with Gasteiger partial charge in [-0.25, -0.2) is 0 Å². The third kappa shape index (κ3) is 5.39. The van der Waals surface area contributed by atoms with E-state index in [1.54, 1.807) is 29.2 Å². The highest BCUT2D eigenvalue weighted by Gasteiger charge is 2.52. The lowest BCUT2D eigenvalue weighted by Crippen LogP contribution is -2.58. The molecule has 4 unspecified atom stereocenters. The molecule has 9 heteroatoms. The number of carbonyl (C=O) groups excluding carboxylic acids is 2. The van der Waals surface area contributed by atoms with Gasteiger partial charge in [-0.1, -0.05) is 25.3 Å². The summed E-state index contributed by atoms with van der Waals surface area (Å²) in [7, 11) is 1.50. The highest BCUT2D eigenvalue weighted by Crippen LogP contribution is 2.51. The number of hydrogen-bond donors (Lipinski definition) is 4. The van der Waals surface area contributed by atoms with E-state index in [2.05, 4.69) is 11.9 Å². The molecule has 3 aliphatic rings. The Kier molecular flexibility index (Phi) is 8.89. The normalized spacial score (nSPS) is 24.8. The van der Waals surface area contributed by atoms with Gasteiger partial charge in [0.15, 0.2) is 11.5 Å². The summed E-state index contributed by atoms with van der Waals surface area (Å²) >= 11 is 0. The van der Waals surface area contributed by atoms with E-state index in [1.807, 2.05) is 0 Å². The second-order valence-corrected chi connectivity index (χ2v) is 9.94. The van der Waals surface area contributed by atoms with Crippen LogP contribution in [-0.4, -0.2) is 76.6 Å². The number of carbonyl (C=O) groups is 2. The summed E-state index contributed by atoms with van der Waals surface area (Å²) in [4.78, 5) is 28.7. The lowest BCUT2D eigenvalue weighted by atomic mass is 9.76. The monoisotopic (exact) mass is 514 g/mol. The van der Waals surface area contributed by atoms with Crippen LogP contribution in [0.3, 0.4) is 0 Å². The fourth-order valence-corrected chi connectivity index (χ4v) is 5.92. The van der Waals surface area contributed by atoms with Crippen LogP contribution in [0.15, 0.2) is 36.4 Å². The lowest BCUT2D eigenvalue weighted by molar-refractivity contribution is -0.141. The standard InChI is InChI=1S/C28H38N2O7/c1-3-4-10-23(33)30(18-8-6-5-7-9-18)21-15-20(28(35)29-11-12-31)24-19-13-17(16-32)14-22(36-2)26(19)37-27(24)25(21)34/h3,13-15,18,21,24-25,27,31-32,34H,1,4-12,16H2,2H3,(H,29,35). The average molecular weight is 515 g/mol. The number of methoxy groups -OCH3 is 1. The summed E-state index contributed by atoms with van der Waals surface area (Å²) in [6.45, 7) is 3.36. The van der Waals surface area contributed by atoms with Crippen LogP contribution in [-0.2, 0) is 16.2 Å². The van der Waals surface area contributed by atoms with Crippen molar-refractivity contribution in [2.75, 3.05) is 20.3 Å². The summed E-state index contributed by atoms with van der Waals surface area (Å²) in [6, 6.07) is 2.63. The number of nitrogens with one attached hydrogen (secondary N) is 1. The summed E-state index contributed by atoms with van der Waals surface area (Å²) in [5, 5.41) is 33.5. The van der Waals surface area contributed by atoms with Gasteiger partial charge in [0.05, 0.1) is 32.3 Å². The van der Waals surface area contributed by atoms with Crippen molar-refractivity contribution in [1.29, 1.82) is 0 Å². The Labute approximate surface area is 217 Å². The van der Waals surface area contributed by atoms with E-state index in [0.29, 0.717) is 34.6 Å². The molecule has 2 amide bonds. The molecule has 1 saturated carbocycles. The van der Waals surface area contributed by atoms with Crippen molar-refractivity contribution < 1.29 is 34.4 Å². The number of aliphatic hydroxyl groups is 3. The van der Waals surface area contributed by atoms with Gasteiger partial charge in [0.25, 0.3) is 0 Å². The molecule has 1 aromatic rings. The van der Waals surface area contributed by atoms with Crippen LogP contribution < -0.4 is 14.8 Å². The van der Waals surface area contributed by atoms with Crippen LogP contribution in [0.2, 0.25) is 0 Å². The molecular formula is C28H38N2O7. The minimum absolute atomic E-state index is 0.0421. The Morgan fingerprint density at radius 1 is 1.24 bits per heavy atom. The maximum Gasteiger partial charge on any atom is 0.247 e. The zero-order chi connectivity index (χ0) is 26.5. The maximum absolute atomic E-state index is 13.5. The highest BCUT2D eigenvalue weighted by atomic mass is 16.5. The number of aliphatic hydroxyl groups excluding tert-OH is 3. The molecule has 0 spiro atoms. The van der Waals surface area contributed by atoms with Gasteiger partial charge in [-0.15, -0.1) is 6.58 Å². The first kappa shape index (κ1) is 27.2. The number of nitrogens with zero attached hydrogens (tertiary/aromatic N) is 1. The van der Waals surface area contributed by atoms with Gasteiger partial charge in [0, 0.05) is 30.1 Å². The van der Waals surface area contributed by atoms with Gasteiger partial charge in [0.2, 0.25) is 11.8 Å². The lowest BCUT2D eigenvalue weighted by Gasteiger charge is -2.45. The molecule has 0 aromatic heterocycles. The second kappa shape index (κ2) is 12.1. The van der Waals surface area contributed by atoms with Crippen LogP contribution in [0.4, 0.5) is 0 Å². The Morgan fingerprint density at radius 3 is 2.65 bits per heavy atom. The van der Waals surface area contributed by atoms with Crippen molar-refractivity contribution in [2.24, 2.45) is 0 Å². The first-order chi connectivity index (χ1) is 17.9. The molecular weight excluding hydrogens is 476 g/mol. The molecule has 4 N–H and O–H groups in total. The quantitative estimate of drug-likeness (QED) is 0.351. The van der Waals surface area contributed by atoms with E-state index in [4.69, 9.17) is 9.47 Å². The fraction of sp³-hybridized carbons (Fsp3) is 0.571. The van der Waals surface area contributed by atoms with Crippen molar-refractivity contribution >= 4 is 11.8 Å². The molecule has 1 aliphatic heterocycles. The van der Waals surface area contributed by atoms with Gasteiger partial charge in [0.1, 0.15) is 12.2 Å². The fourth-order valence-electron chi connectivity index (χ4n) is 5.92. The van der Waals surface area contributed by atoms with Crippen molar-refractivity contribution in [2.45, 2.75) is 81.8 Å². The topological polar surface area (TPSA) is 129 Å². The Hall–Kier alpha value is -2.88. The number of fused-ring (bicyclic) bond motifs is 3. The van der Waals surface area contributed by atoms with Crippen molar-refractivity contribution in [3.8, 4) is 11.5 Å². The molecule has 202 valence electrons. The molecule has 0 bridgehead atoms. The van der Waals surface area contributed by atoms with Crippen molar-refractivity contribution in [3.63, 3.8) is 0 Å². The second-order valence-electron chi connectivity index (χ2n) is 9.94. The average Bonchev–Trinajstić information content (AvgIpc) is 3.32. The van der Waals surface area contributed by atoms with Crippen LogP contribution in [0.1, 0.15) is 62.0 Å². The van der Waals surface area contributed by atoms with E-state index in [9.17, 15) is 24.9 Å². The zero-order valence-electron chi connectivity index (χ0n) is 21.4. The molecule has 37 heavy (non-hydrogen) atoms. The van der Waals surface area contributed by atoms with E-state index < -0.39 is 30.1 Å². The van der Waals surface area contributed by atoms with E-state index in [0.717, 1.165) is 32.1 Å². The molecule has 4 atom stereocenters. The smallest absolute Gasteiger partial charge is 0.247 e. The molecule has 1 aromatic carbocycles. The van der Waals surface area contributed by atoms with Crippen molar-refractivity contribution in [3.05, 3.63) is 47.6 Å². The zero-order valence-corrected chi connectivity index (χ0v) is 21.4. The predicted octanol–water partition coefficient (Wildman–Crippen LogP) is 1.94. The summed E-state index contributed by atoms with van der Waals surface area (Å²) in [5.41, 5.74) is 1.59. The first-order valence-corrected chi connectivity index (χ1v) is 13.1. The third-order valence-electron chi connectivity index (χ3n) is 7.63. The third-order valence-corrected chi connectivity index (χ3v) is 7.63. The van der Waals surface area contributed by atoms with Crippen LogP contribution >= 0.6 is 0 Å². The Balaban J connectivity index is 1.80. The molecule has 9 nitrogen and oxygen atoms in total. The molecule has 1 fully saturated rings. The van der Waals surface area contributed by atoms with Crippen LogP contribution in [0.5, 0.6) is 11.5 Å². The first-order valence-electron chi connectivity index (χ1n) is 13.1. The largest absolute Gasteiger partial charge is 0.493 e. The highest BCUT2D eigenvalue weighted by molar-refractivity contribution is 5.96. The number of amides is 2. The van der Waals surface area contributed by atoms with E-state index >= 15 is 0 Å². The number of benzene rings is 1. The van der Waals surface area contributed by atoms with E-state index in [1.165, 1.54) is 7.11 Å². The molecule has 2 aliphatic carbocycles. The van der Waals surface area contributed by atoms with Gasteiger partial charge >= 0.3 is 0 Å². The molecule has 4 rings (SSSR count). The number of hydrogen-bond acceptors (Lipinski definition) is 7. The minimum atomic E-state index is -1.09. The maximum atomic E-state index is 13.5. The molecule has 0 saturated heterocycles.